The summed E-state index contributed by atoms with van der Waals surface area (Å²) >= 11 is 1.78. The third-order valence-electron chi connectivity index (χ3n) is 5.37. The number of rotatable bonds is 3. The Bertz CT molecular complexity index is 758. The molecule has 0 aromatic carbocycles. The maximum atomic E-state index is 12.7. The van der Waals surface area contributed by atoms with Gasteiger partial charge in [-0.3, -0.25) is 9.59 Å². The van der Waals surface area contributed by atoms with Crippen LogP contribution in [0, 0.1) is 11.3 Å². The van der Waals surface area contributed by atoms with Gasteiger partial charge in [-0.05, 0) is 18.6 Å². The highest BCUT2D eigenvalue weighted by Gasteiger charge is 2.38. The highest BCUT2D eigenvalue weighted by Crippen LogP contribution is 2.22. The third kappa shape index (κ3) is 3.73. The molecule has 0 unspecified atom stereocenters. The van der Waals surface area contributed by atoms with Gasteiger partial charge in [-0.1, -0.05) is 0 Å². The number of pyridine rings is 1. The van der Waals surface area contributed by atoms with Crippen molar-refractivity contribution in [3.8, 4) is 6.07 Å². The molecule has 1 N–H and O–H groups in total. The molecule has 1 aromatic rings. The van der Waals surface area contributed by atoms with E-state index in [0.29, 0.717) is 37.4 Å². The van der Waals surface area contributed by atoms with E-state index in [9.17, 15) is 9.59 Å². The van der Waals surface area contributed by atoms with Crippen LogP contribution in [-0.4, -0.2) is 83.0 Å². The van der Waals surface area contributed by atoms with Gasteiger partial charge >= 0.3 is 0 Å². The van der Waals surface area contributed by atoms with Gasteiger partial charge in [0, 0.05) is 44.2 Å². The molecule has 4 rings (SSSR count). The van der Waals surface area contributed by atoms with Gasteiger partial charge in [0.05, 0.1) is 24.0 Å². The molecule has 0 bridgehead atoms. The van der Waals surface area contributed by atoms with Crippen molar-refractivity contribution in [1.82, 2.24) is 20.1 Å². The zero-order valence-electron chi connectivity index (χ0n) is 15.0. The largest absolute Gasteiger partial charge is 0.346 e. The quantitative estimate of drug-likeness (QED) is 0.773. The van der Waals surface area contributed by atoms with Gasteiger partial charge < -0.3 is 20.0 Å². The van der Waals surface area contributed by atoms with Crippen LogP contribution in [0.25, 0.3) is 0 Å². The van der Waals surface area contributed by atoms with Crippen molar-refractivity contribution < 1.29 is 9.59 Å². The number of hydrogen-bond donors (Lipinski definition) is 1. The standard InChI is InChI=1S/C18H22N6O2S/c19-8-13-1-2-16(21-9-13)22-3-4-24(17(25)11-22)14-7-15(20-10-14)18(26)23-5-6-27-12-23/h1-2,9,14-15,20H,3-7,10-12H2/t14-,15-/m0/s1. The summed E-state index contributed by atoms with van der Waals surface area (Å²) in [6, 6.07) is 5.43. The summed E-state index contributed by atoms with van der Waals surface area (Å²) < 4.78 is 0. The van der Waals surface area contributed by atoms with Crippen LogP contribution in [0.5, 0.6) is 0 Å². The molecule has 0 spiro atoms. The Labute approximate surface area is 162 Å². The third-order valence-corrected chi connectivity index (χ3v) is 6.33. The fourth-order valence-electron chi connectivity index (χ4n) is 3.86. The number of thioether (sulfide) groups is 1. The van der Waals surface area contributed by atoms with Crippen molar-refractivity contribution in [1.29, 1.82) is 5.26 Å². The van der Waals surface area contributed by atoms with E-state index >= 15 is 0 Å². The van der Waals surface area contributed by atoms with Crippen molar-refractivity contribution in [2.75, 3.05) is 49.3 Å². The smallest absolute Gasteiger partial charge is 0.242 e. The number of amides is 2. The summed E-state index contributed by atoms with van der Waals surface area (Å²) in [5.74, 6) is 2.72. The lowest BCUT2D eigenvalue weighted by Crippen LogP contribution is -2.54. The molecule has 9 heteroatoms. The number of carbonyl (C=O) groups excluding carboxylic acids is 2. The van der Waals surface area contributed by atoms with Gasteiger partial charge in [0.25, 0.3) is 0 Å². The van der Waals surface area contributed by atoms with E-state index in [1.165, 1.54) is 6.20 Å². The molecule has 8 nitrogen and oxygen atoms in total. The molecule has 4 heterocycles. The number of nitriles is 1. The summed E-state index contributed by atoms with van der Waals surface area (Å²) in [5.41, 5.74) is 0.507. The van der Waals surface area contributed by atoms with Crippen molar-refractivity contribution in [3.05, 3.63) is 23.9 Å². The molecular formula is C18H22N6O2S. The molecule has 3 fully saturated rings. The summed E-state index contributed by atoms with van der Waals surface area (Å²) in [4.78, 5) is 35.3. The molecule has 27 heavy (non-hydrogen) atoms. The maximum Gasteiger partial charge on any atom is 0.242 e. The van der Waals surface area contributed by atoms with Gasteiger partial charge in [0.15, 0.2) is 0 Å². The highest BCUT2D eigenvalue weighted by atomic mass is 32.2. The molecule has 142 valence electrons. The average molecular weight is 386 g/mol. The van der Waals surface area contributed by atoms with Gasteiger partial charge in [0.2, 0.25) is 11.8 Å². The SMILES string of the molecule is N#Cc1ccc(N2CCN([C@@H]3CN[C@H](C(=O)N4CCSC4)C3)C(=O)C2)nc1. The molecule has 1 aromatic heterocycles. The summed E-state index contributed by atoms with van der Waals surface area (Å²) in [6.07, 6.45) is 2.21. The Morgan fingerprint density at radius 3 is 2.89 bits per heavy atom. The van der Waals surface area contributed by atoms with Crippen LogP contribution >= 0.6 is 11.8 Å². The van der Waals surface area contributed by atoms with Gasteiger partial charge in [-0.2, -0.15) is 5.26 Å². The molecule has 3 aliphatic heterocycles. The lowest BCUT2D eigenvalue weighted by atomic mass is 10.1. The zero-order chi connectivity index (χ0) is 18.8. The first kappa shape index (κ1) is 18.1. The van der Waals surface area contributed by atoms with Gasteiger partial charge in [-0.15, -0.1) is 11.8 Å². The second-order valence-corrected chi connectivity index (χ2v) is 8.09. The van der Waals surface area contributed by atoms with E-state index in [1.807, 2.05) is 20.8 Å². The van der Waals surface area contributed by atoms with Crippen LogP contribution in [0.2, 0.25) is 0 Å². The fraction of sp³-hybridized carbons (Fsp3) is 0.556. The minimum absolute atomic E-state index is 0.0593. The molecule has 0 saturated carbocycles. The zero-order valence-corrected chi connectivity index (χ0v) is 15.8. The molecule has 0 radical (unpaired) electrons. The monoisotopic (exact) mass is 386 g/mol. The second-order valence-electron chi connectivity index (χ2n) is 7.01. The van der Waals surface area contributed by atoms with Crippen LogP contribution in [0.4, 0.5) is 5.82 Å². The van der Waals surface area contributed by atoms with Crippen molar-refractivity contribution >= 4 is 29.4 Å². The minimum atomic E-state index is -0.181. The van der Waals surface area contributed by atoms with E-state index in [1.54, 1.807) is 23.9 Å². The maximum absolute atomic E-state index is 12.7. The van der Waals surface area contributed by atoms with Crippen molar-refractivity contribution in [3.63, 3.8) is 0 Å². The second kappa shape index (κ2) is 7.74. The molecule has 3 aliphatic rings. The topological polar surface area (TPSA) is 92.6 Å². The first-order valence-corrected chi connectivity index (χ1v) is 10.3. The first-order valence-electron chi connectivity index (χ1n) is 9.16. The van der Waals surface area contributed by atoms with Crippen LogP contribution < -0.4 is 10.2 Å². The van der Waals surface area contributed by atoms with Crippen LogP contribution in [0.15, 0.2) is 18.3 Å². The number of anilines is 1. The minimum Gasteiger partial charge on any atom is -0.346 e. The number of nitrogens with one attached hydrogen (secondary N) is 1. The first-order chi connectivity index (χ1) is 13.2. The Kier molecular flexibility index (Phi) is 5.18. The molecule has 0 aliphatic carbocycles. The van der Waals surface area contributed by atoms with Crippen LogP contribution in [0.3, 0.4) is 0 Å². The fourth-order valence-corrected chi connectivity index (χ4v) is 4.81. The van der Waals surface area contributed by atoms with Crippen molar-refractivity contribution in [2.45, 2.75) is 18.5 Å². The Balaban J connectivity index is 1.34. The number of hydrogen-bond acceptors (Lipinski definition) is 7. The van der Waals surface area contributed by atoms with Crippen LogP contribution in [0.1, 0.15) is 12.0 Å². The van der Waals surface area contributed by atoms with E-state index in [2.05, 4.69) is 10.3 Å². The van der Waals surface area contributed by atoms with E-state index in [0.717, 1.165) is 18.2 Å². The lowest BCUT2D eigenvalue weighted by Gasteiger charge is -2.38. The Morgan fingerprint density at radius 1 is 1.33 bits per heavy atom. The molecule has 3 saturated heterocycles. The summed E-state index contributed by atoms with van der Waals surface area (Å²) in [7, 11) is 0. The van der Waals surface area contributed by atoms with Crippen molar-refractivity contribution in [2.24, 2.45) is 0 Å². The van der Waals surface area contributed by atoms with Crippen LogP contribution in [-0.2, 0) is 9.59 Å². The molecule has 2 amide bonds. The predicted octanol–water partition coefficient (Wildman–Crippen LogP) is -0.135. The van der Waals surface area contributed by atoms with Gasteiger partial charge in [-0.25, -0.2) is 4.98 Å². The van der Waals surface area contributed by atoms with E-state index in [4.69, 9.17) is 5.26 Å². The normalized spacial score (nSPS) is 25.7. The van der Waals surface area contributed by atoms with Gasteiger partial charge in [0.1, 0.15) is 11.9 Å². The Morgan fingerprint density at radius 2 is 2.22 bits per heavy atom. The number of aromatic nitrogens is 1. The number of carbonyl (C=O) groups is 2. The number of piperazine rings is 1. The molecular weight excluding hydrogens is 364 g/mol. The number of nitrogens with zero attached hydrogens (tertiary/aromatic N) is 5. The Hall–Kier alpha value is -2.31. The van der Waals surface area contributed by atoms with E-state index in [-0.39, 0.29) is 30.4 Å². The highest BCUT2D eigenvalue weighted by molar-refractivity contribution is 7.99. The predicted molar refractivity (Wildman–Crippen MR) is 102 cm³/mol. The summed E-state index contributed by atoms with van der Waals surface area (Å²) in [6.45, 7) is 3.08. The molecule has 2 atom stereocenters. The average Bonchev–Trinajstić information content (AvgIpc) is 3.40. The summed E-state index contributed by atoms with van der Waals surface area (Å²) in [5, 5.41) is 12.2. The lowest BCUT2D eigenvalue weighted by molar-refractivity contribution is -0.134. The van der Waals surface area contributed by atoms with E-state index < -0.39 is 0 Å².